The normalized spacial score (nSPS) is 16.4. The second-order valence-corrected chi connectivity index (χ2v) is 8.23. The van der Waals surface area contributed by atoms with E-state index in [2.05, 4.69) is 25.4 Å². The van der Waals surface area contributed by atoms with Crippen LogP contribution in [0.5, 0.6) is 0 Å². The molecule has 1 unspecified atom stereocenters. The Bertz CT molecular complexity index is 1040. The quantitative estimate of drug-likeness (QED) is 0.671. The molecule has 4 heterocycles. The van der Waals surface area contributed by atoms with Crippen LogP contribution in [0.3, 0.4) is 0 Å². The molecule has 31 heavy (non-hydrogen) atoms. The maximum atomic E-state index is 12.9. The van der Waals surface area contributed by atoms with Crippen LogP contribution >= 0.6 is 0 Å². The topological polar surface area (TPSA) is 97.0 Å². The van der Waals surface area contributed by atoms with E-state index in [4.69, 9.17) is 4.52 Å². The Morgan fingerprint density at radius 1 is 1.19 bits per heavy atom. The molecular formula is C23H28N6O2. The molecule has 0 spiro atoms. The number of anilines is 2. The van der Waals surface area contributed by atoms with Gasteiger partial charge in [-0.05, 0) is 58.7 Å². The van der Waals surface area contributed by atoms with Gasteiger partial charge in [0.25, 0.3) is 0 Å². The summed E-state index contributed by atoms with van der Waals surface area (Å²) in [6.45, 7) is 9.08. The molecule has 8 nitrogen and oxygen atoms in total. The number of aromatic nitrogens is 4. The number of piperidine rings is 1. The second-order valence-electron chi connectivity index (χ2n) is 8.23. The highest BCUT2D eigenvalue weighted by Gasteiger charge is 2.26. The molecule has 1 atom stereocenters. The monoisotopic (exact) mass is 420 g/mol. The van der Waals surface area contributed by atoms with E-state index in [0.29, 0.717) is 18.9 Å². The summed E-state index contributed by atoms with van der Waals surface area (Å²) in [5, 5.41) is 7.17. The van der Waals surface area contributed by atoms with Crippen molar-refractivity contribution in [2.45, 2.75) is 52.9 Å². The zero-order valence-electron chi connectivity index (χ0n) is 18.5. The van der Waals surface area contributed by atoms with Crippen LogP contribution in [0.25, 0.3) is 0 Å². The van der Waals surface area contributed by atoms with Crippen molar-refractivity contribution in [3.05, 3.63) is 58.5 Å². The average molecular weight is 421 g/mol. The Morgan fingerprint density at radius 3 is 2.61 bits per heavy atom. The van der Waals surface area contributed by atoms with Crippen LogP contribution in [-0.2, 0) is 11.2 Å². The van der Waals surface area contributed by atoms with Crippen molar-refractivity contribution in [3.63, 3.8) is 0 Å². The zero-order chi connectivity index (χ0) is 22.0. The summed E-state index contributed by atoms with van der Waals surface area (Å²) >= 11 is 0. The predicted molar refractivity (Wildman–Crippen MR) is 117 cm³/mol. The highest BCUT2D eigenvalue weighted by molar-refractivity contribution is 5.79. The summed E-state index contributed by atoms with van der Waals surface area (Å²) in [7, 11) is 0. The van der Waals surface area contributed by atoms with Crippen LogP contribution in [0, 0.1) is 27.7 Å². The Kier molecular flexibility index (Phi) is 5.97. The second kappa shape index (κ2) is 8.83. The standard InChI is InChI=1S/C23H28N6O2/c1-14-10-15(2)26-23(25-14)27-19-7-8-21(24-12-19)18-6-5-9-29(13-18)22(30)11-20-16(3)28-31-17(20)4/h7-8,10,12,18H,5-6,9,11,13H2,1-4H3,(H,25,26,27). The van der Waals surface area contributed by atoms with Crippen molar-refractivity contribution in [2.75, 3.05) is 18.4 Å². The van der Waals surface area contributed by atoms with Gasteiger partial charge in [0, 0.05) is 41.7 Å². The summed E-state index contributed by atoms with van der Waals surface area (Å²) in [6, 6.07) is 5.96. The summed E-state index contributed by atoms with van der Waals surface area (Å²) < 4.78 is 5.20. The van der Waals surface area contributed by atoms with Gasteiger partial charge < -0.3 is 14.7 Å². The number of likely N-dealkylation sites (tertiary alicyclic amines) is 1. The van der Waals surface area contributed by atoms with Crippen molar-refractivity contribution < 1.29 is 9.32 Å². The van der Waals surface area contributed by atoms with E-state index in [1.807, 2.05) is 50.8 Å². The first-order valence-corrected chi connectivity index (χ1v) is 10.6. The van der Waals surface area contributed by atoms with E-state index in [1.54, 1.807) is 6.20 Å². The zero-order valence-corrected chi connectivity index (χ0v) is 18.5. The lowest BCUT2D eigenvalue weighted by Gasteiger charge is -2.32. The van der Waals surface area contributed by atoms with Gasteiger partial charge >= 0.3 is 0 Å². The third kappa shape index (κ3) is 4.90. The molecule has 3 aromatic heterocycles. The summed E-state index contributed by atoms with van der Waals surface area (Å²) in [6.07, 6.45) is 4.13. The Labute approximate surface area is 182 Å². The minimum absolute atomic E-state index is 0.115. The molecular weight excluding hydrogens is 392 g/mol. The minimum atomic E-state index is 0.115. The van der Waals surface area contributed by atoms with Crippen molar-refractivity contribution in [3.8, 4) is 0 Å². The van der Waals surface area contributed by atoms with E-state index in [0.717, 1.165) is 59.2 Å². The molecule has 0 radical (unpaired) electrons. The molecule has 0 bridgehead atoms. The fraction of sp³-hybridized carbons (Fsp3) is 0.435. The Balaban J connectivity index is 1.40. The van der Waals surface area contributed by atoms with Gasteiger partial charge in [-0.3, -0.25) is 9.78 Å². The van der Waals surface area contributed by atoms with E-state index in [1.165, 1.54) is 0 Å². The third-order valence-electron chi connectivity index (χ3n) is 5.73. The fourth-order valence-electron chi connectivity index (χ4n) is 4.09. The lowest BCUT2D eigenvalue weighted by Crippen LogP contribution is -2.40. The SMILES string of the molecule is Cc1cc(C)nc(Nc2ccc(C3CCCN(C(=O)Cc4c(C)noc4C)C3)nc2)n1. The van der Waals surface area contributed by atoms with Crippen LogP contribution in [0.2, 0.25) is 0 Å². The molecule has 0 aliphatic carbocycles. The summed E-state index contributed by atoms with van der Waals surface area (Å²) in [5.41, 5.74) is 5.37. The molecule has 0 saturated carbocycles. The van der Waals surface area contributed by atoms with Gasteiger partial charge in [0.2, 0.25) is 11.9 Å². The number of hydrogen-bond donors (Lipinski definition) is 1. The van der Waals surface area contributed by atoms with Crippen molar-refractivity contribution in [2.24, 2.45) is 0 Å². The first-order chi connectivity index (χ1) is 14.9. The number of nitrogens with one attached hydrogen (secondary N) is 1. The minimum Gasteiger partial charge on any atom is -0.361 e. The van der Waals surface area contributed by atoms with Gasteiger partial charge in [0.15, 0.2) is 0 Å². The van der Waals surface area contributed by atoms with Crippen LogP contribution in [0.4, 0.5) is 11.6 Å². The fourth-order valence-corrected chi connectivity index (χ4v) is 4.09. The van der Waals surface area contributed by atoms with Crippen molar-refractivity contribution in [1.82, 2.24) is 25.0 Å². The molecule has 1 fully saturated rings. The Morgan fingerprint density at radius 2 is 1.97 bits per heavy atom. The van der Waals surface area contributed by atoms with Crippen LogP contribution in [0.15, 0.2) is 28.9 Å². The lowest BCUT2D eigenvalue weighted by molar-refractivity contribution is -0.131. The first-order valence-electron chi connectivity index (χ1n) is 10.6. The molecule has 1 aliphatic rings. The number of carbonyl (C=O) groups excluding carboxylic acids is 1. The number of rotatable bonds is 5. The number of nitrogens with zero attached hydrogens (tertiary/aromatic N) is 5. The number of carbonyl (C=O) groups is 1. The first kappa shape index (κ1) is 21.0. The van der Waals surface area contributed by atoms with E-state index < -0.39 is 0 Å². The van der Waals surface area contributed by atoms with Crippen LogP contribution < -0.4 is 5.32 Å². The van der Waals surface area contributed by atoms with Gasteiger partial charge in [0.1, 0.15) is 5.76 Å². The smallest absolute Gasteiger partial charge is 0.227 e. The molecule has 1 saturated heterocycles. The maximum absolute atomic E-state index is 12.9. The molecule has 3 aromatic rings. The van der Waals surface area contributed by atoms with Crippen molar-refractivity contribution in [1.29, 1.82) is 0 Å². The van der Waals surface area contributed by atoms with Gasteiger partial charge in [0.05, 0.1) is 24.0 Å². The largest absolute Gasteiger partial charge is 0.361 e. The van der Waals surface area contributed by atoms with Gasteiger partial charge in [-0.25, -0.2) is 9.97 Å². The molecule has 8 heteroatoms. The van der Waals surface area contributed by atoms with Crippen molar-refractivity contribution >= 4 is 17.5 Å². The number of aryl methyl sites for hydroxylation is 4. The van der Waals surface area contributed by atoms with Crippen LogP contribution in [0.1, 0.15) is 52.9 Å². The number of amides is 1. The predicted octanol–water partition coefficient (Wildman–Crippen LogP) is 3.79. The number of hydrogen-bond acceptors (Lipinski definition) is 7. The van der Waals surface area contributed by atoms with Gasteiger partial charge in [-0.1, -0.05) is 5.16 Å². The molecule has 0 aromatic carbocycles. The highest BCUT2D eigenvalue weighted by atomic mass is 16.5. The van der Waals surface area contributed by atoms with Crippen LogP contribution in [-0.4, -0.2) is 44.0 Å². The van der Waals surface area contributed by atoms with Gasteiger partial charge in [-0.2, -0.15) is 0 Å². The average Bonchev–Trinajstić information content (AvgIpc) is 3.05. The molecule has 4 rings (SSSR count). The van der Waals surface area contributed by atoms with E-state index in [-0.39, 0.29) is 11.8 Å². The highest BCUT2D eigenvalue weighted by Crippen LogP contribution is 2.27. The third-order valence-corrected chi connectivity index (χ3v) is 5.73. The molecule has 1 amide bonds. The maximum Gasteiger partial charge on any atom is 0.227 e. The summed E-state index contributed by atoms with van der Waals surface area (Å²) in [4.78, 5) is 28.3. The molecule has 162 valence electrons. The van der Waals surface area contributed by atoms with E-state index >= 15 is 0 Å². The summed E-state index contributed by atoms with van der Waals surface area (Å²) in [5.74, 6) is 1.64. The Hall–Kier alpha value is -3.29. The molecule has 1 N–H and O–H groups in total. The lowest BCUT2D eigenvalue weighted by atomic mass is 9.93. The molecule has 1 aliphatic heterocycles. The van der Waals surface area contributed by atoms with Gasteiger partial charge in [-0.15, -0.1) is 0 Å². The number of pyridine rings is 1. The van der Waals surface area contributed by atoms with E-state index in [9.17, 15) is 4.79 Å².